The summed E-state index contributed by atoms with van der Waals surface area (Å²) in [5, 5.41) is 13.6. The second kappa shape index (κ2) is 6.53. The van der Waals surface area contributed by atoms with Gasteiger partial charge in [0.25, 0.3) is 0 Å². The molecule has 0 aliphatic heterocycles. The van der Waals surface area contributed by atoms with Crippen LogP contribution >= 0.6 is 0 Å². The van der Waals surface area contributed by atoms with Crippen LogP contribution in [-0.4, -0.2) is 17.7 Å². The molecular weight excluding hydrogens is 234 g/mol. The molecule has 1 aromatic carbocycles. The first kappa shape index (κ1) is 14.5. The maximum Gasteiger partial charge on any atom is 0.0914 e. The lowest BCUT2D eigenvalue weighted by atomic mass is 9.82. The van der Waals surface area contributed by atoms with Gasteiger partial charge in [-0.05, 0) is 42.2 Å². The summed E-state index contributed by atoms with van der Waals surface area (Å²) >= 11 is 0. The molecule has 0 amide bonds. The van der Waals surface area contributed by atoms with E-state index in [1.54, 1.807) is 0 Å². The number of hydrogen-bond donors (Lipinski definition) is 2. The molecule has 19 heavy (non-hydrogen) atoms. The van der Waals surface area contributed by atoms with Crippen molar-refractivity contribution in [2.45, 2.75) is 52.2 Å². The fourth-order valence-corrected chi connectivity index (χ4v) is 2.81. The van der Waals surface area contributed by atoms with Crippen molar-refractivity contribution in [3.63, 3.8) is 0 Å². The number of aliphatic hydroxyl groups is 1. The Morgan fingerprint density at radius 1 is 1.21 bits per heavy atom. The van der Waals surface area contributed by atoms with Crippen molar-refractivity contribution < 1.29 is 5.11 Å². The lowest BCUT2D eigenvalue weighted by molar-refractivity contribution is 0.150. The highest BCUT2D eigenvalue weighted by atomic mass is 16.3. The molecule has 0 radical (unpaired) electrons. The van der Waals surface area contributed by atoms with Gasteiger partial charge in [0.1, 0.15) is 0 Å². The molecule has 0 bridgehead atoms. The topological polar surface area (TPSA) is 32.3 Å². The van der Waals surface area contributed by atoms with Gasteiger partial charge in [-0.25, -0.2) is 0 Å². The first-order valence-electron chi connectivity index (χ1n) is 7.55. The quantitative estimate of drug-likeness (QED) is 0.823. The Kier molecular flexibility index (Phi) is 5.00. The third-order valence-electron chi connectivity index (χ3n) is 3.98. The van der Waals surface area contributed by atoms with Gasteiger partial charge in [-0.1, -0.05) is 45.0 Å². The van der Waals surface area contributed by atoms with E-state index in [9.17, 15) is 5.11 Å². The zero-order valence-electron chi connectivity index (χ0n) is 12.4. The molecule has 2 nitrogen and oxygen atoms in total. The van der Waals surface area contributed by atoms with Crippen molar-refractivity contribution >= 4 is 0 Å². The van der Waals surface area contributed by atoms with Crippen LogP contribution in [-0.2, 0) is 6.42 Å². The van der Waals surface area contributed by atoms with E-state index in [-0.39, 0.29) is 6.10 Å². The maximum atomic E-state index is 10.2. The maximum absolute atomic E-state index is 10.2. The minimum atomic E-state index is -0.385. The molecule has 1 unspecified atom stereocenters. The molecule has 1 aliphatic rings. The van der Waals surface area contributed by atoms with Gasteiger partial charge in [0.2, 0.25) is 0 Å². The fraction of sp³-hybridized carbons (Fsp3) is 0.647. The van der Waals surface area contributed by atoms with E-state index in [4.69, 9.17) is 0 Å². The Morgan fingerprint density at radius 3 is 2.37 bits per heavy atom. The Balaban J connectivity index is 1.80. The molecule has 1 aromatic rings. The van der Waals surface area contributed by atoms with Crippen LogP contribution in [0.1, 0.15) is 50.8 Å². The standard InChI is InChI=1S/C17H27NO/c1-12(2)8-14-4-6-15(7-5-14)17(19)11-18-16-9-13(3)10-16/h4-7,12-13,16-19H,8-11H2,1-3H3. The summed E-state index contributed by atoms with van der Waals surface area (Å²) in [7, 11) is 0. The van der Waals surface area contributed by atoms with E-state index in [1.807, 2.05) is 0 Å². The second-order valence-corrected chi connectivity index (χ2v) is 6.54. The summed E-state index contributed by atoms with van der Waals surface area (Å²) in [5.74, 6) is 1.53. The first-order valence-corrected chi connectivity index (χ1v) is 7.55. The summed E-state index contributed by atoms with van der Waals surface area (Å²) in [4.78, 5) is 0. The summed E-state index contributed by atoms with van der Waals surface area (Å²) in [6.45, 7) is 7.40. The summed E-state index contributed by atoms with van der Waals surface area (Å²) < 4.78 is 0. The molecule has 2 heteroatoms. The van der Waals surface area contributed by atoms with Crippen LogP contribution in [0, 0.1) is 11.8 Å². The normalized spacial score (nSPS) is 24.3. The summed E-state index contributed by atoms with van der Waals surface area (Å²) in [5.41, 5.74) is 2.37. The van der Waals surface area contributed by atoms with Crippen molar-refractivity contribution in [1.82, 2.24) is 5.32 Å². The predicted molar refractivity (Wildman–Crippen MR) is 80.1 cm³/mol. The molecule has 0 aromatic heterocycles. The molecule has 106 valence electrons. The zero-order valence-corrected chi connectivity index (χ0v) is 12.4. The lowest BCUT2D eigenvalue weighted by Crippen LogP contribution is -2.41. The van der Waals surface area contributed by atoms with Crippen LogP contribution in [0.5, 0.6) is 0 Å². The minimum absolute atomic E-state index is 0.385. The monoisotopic (exact) mass is 261 g/mol. The van der Waals surface area contributed by atoms with Gasteiger partial charge >= 0.3 is 0 Å². The number of benzene rings is 1. The SMILES string of the molecule is CC(C)Cc1ccc(C(O)CNC2CC(C)C2)cc1. The largest absolute Gasteiger partial charge is 0.387 e. The average Bonchev–Trinajstić information content (AvgIpc) is 2.33. The number of nitrogens with one attached hydrogen (secondary N) is 1. The molecular formula is C17H27NO. The Labute approximate surface area is 117 Å². The molecule has 0 spiro atoms. The average molecular weight is 261 g/mol. The highest BCUT2D eigenvalue weighted by molar-refractivity contribution is 5.24. The molecule has 1 atom stereocenters. The van der Waals surface area contributed by atoms with E-state index in [0.29, 0.717) is 18.5 Å². The van der Waals surface area contributed by atoms with Crippen LogP contribution < -0.4 is 5.32 Å². The Bertz CT molecular complexity index is 379. The van der Waals surface area contributed by atoms with Gasteiger partial charge in [0.05, 0.1) is 6.10 Å². The van der Waals surface area contributed by atoms with Crippen LogP contribution in [0.25, 0.3) is 0 Å². The summed E-state index contributed by atoms with van der Waals surface area (Å²) in [6.07, 6.45) is 3.22. The van der Waals surface area contributed by atoms with E-state index in [1.165, 1.54) is 18.4 Å². The molecule has 1 fully saturated rings. The van der Waals surface area contributed by atoms with Crippen LogP contribution in [0.3, 0.4) is 0 Å². The van der Waals surface area contributed by atoms with Gasteiger partial charge in [0, 0.05) is 12.6 Å². The second-order valence-electron chi connectivity index (χ2n) is 6.54. The van der Waals surface area contributed by atoms with Gasteiger partial charge in [-0.15, -0.1) is 0 Å². The van der Waals surface area contributed by atoms with Crippen molar-refractivity contribution in [1.29, 1.82) is 0 Å². The minimum Gasteiger partial charge on any atom is -0.387 e. The third-order valence-corrected chi connectivity index (χ3v) is 3.98. The first-order chi connectivity index (χ1) is 9.04. The Morgan fingerprint density at radius 2 is 1.84 bits per heavy atom. The predicted octanol–water partition coefficient (Wildman–Crippen LogP) is 3.31. The van der Waals surface area contributed by atoms with Crippen LogP contribution in [0.2, 0.25) is 0 Å². The molecule has 0 heterocycles. The van der Waals surface area contributed by atoms with E-state index in [2.05, 4.69) is 50.4 Å². The van der Waals surface area contributed by atoms with Crippen LogP contribution in [0.4, 0.5) is 0 Å². The highest BCUT2D eigenvalue weighted by Gasteiger charge is 2.25. The number of rotatable bonds is 6. The molecule has 2 N–H and O–H groups in total. The van der Waals surface area contributed by atoms with Gasteiger partial charge in [-0.3, -0.25) is 0 Å². The van der Waals surface area contributed by atoms with Crippen molar-refractivity contribution in [3.05, 3.63) is 35.4 Å². The van der Waals surface area contributed by atoms with Crippen LogP contribution in [0.15, 0.2) is 24.3 Å². The number of aliphatic hydroxyl groups excluding tert-OH is 1. The lowest BCUT2D eigenvalue weighted by Gasteiger charge is -2.34. The van der Waals surface area contributed by atoms with Crippen molar-refractivity contribution in [2.24, 2.45) is 11.8 Å². The van der Waals surface area contributed by atoms with Crippen molar-refractivity contribution in [3.8, 4) is 0 Å². The van der Waals surface area contributed by atoms with E-state index < -0.39 is 0 Å². The fourth-order valence-electron chi connectivity index (χ4n) is 2.81. The van der Waals surface area contributed by atoms with E-state index >= 15 is 0 Å². The summed E-state index contributed by atoms with van der Waals surface area (Å²) in [6, 6.07) is 9.03. The zero-order chi connectivity index (χ0) is 13.8. The molecule has 1 saturated carbocycles. The van der Waals surface area contributed by atoms with E-state index in [0.717, 1.165) is 17.9 Å². The van der Waals surface area contributed by atoms with Crippen molar-refractivity contribution in [2.75, 3.05) is 6.54 Å². The Hall–Kier alpha value is -0.860. The highest BCUT2D eigenvalue weighted by Crippen LogP contribution is 2.26. The smallest absolute Gasteiger partial charge is 0.0914 e. The molecule has 2 rings (SSSR count). The molecule has 1 aliphatic carbocycles. The van der Waals surface area contributed by atoms with Gasteiger partial charge in [0.15, 0.2) is 0 Å². The third kappa shape index (κ3) is 4.32. The van der Waals surface area contributed by atoms with Gasteiger partial charge < -0.3 is 10.4 Å². The van der Waals surface area contributed by atoms with Gasteiger partial charge in [-0.2, -0.15) is 0 Å². The number of hydrogen-bond acceptors (Lipinski definition) is 2. The molecule has 0 saturated heterocycles.